The maximum Gasteiger partial charge on any atom is 0.488 e. The molecule has 1 aromatic carbocycles. The van der Waals surface area contributed by atoms with Crippen molar-refractivity contribution >= 4 is 22.6 Å². The molecule has 0 aliphatic carbocycles. The highest BCUT2D eigenvalue weighted by Crippen LogP contribution is 2.19. The summed E-state index contributed by atoms with van der Waals surface area (Å²) in [5.41, 5.74) is -1.80. The van der Waals surface area contributed by atoms with E-state index in [1.807, 2.05) is 0 Å². The van der Waals surface area contributed by atoms with Crippen molar-refractivity contribution in [1.82, 2.24) is 0 Å². The zero-order valence-electron chi connectivity index (χ0n) is 12.5. The molecule has 1 aromatic rings. The molecule has 0 fully saturated rings. The Kier molecular flexibility index (Phi) is 6.55. The first-order valence-corrected chi connectivity index (χ1v) is 7.64. The van der Waals surface area contributed by atoms with Crippen LogP contribution in [0.5, 0.6) is 0 Å². The summed E-state index contributed by atoms with van der Waals surface area (Å²) in [6.07, 6.45) is 0. The van der Waals surface area contributed by atoms with Crippen molar-refractivity contribution in [3.8, 4) is 0 Å². The minimum Gasteiger partial charge on any atom is -0.423 e. The lowest BCUT2D eigenvalue weighted by Crippen LogP contribution is -2.44. The van der Waals surface area contributed by atoms with Gasteiger partial charge in [0.2, 0.25) is 10.0 Å². The Labute approximate surface area is 125 Å². The Balaban J connectivity index is 0.000000433. The Hall–Kier alpha value is -0.965. The molecule has 0 amide bonds. The second-order valence-electron chi connectivity index (χ2n) is 5.61. The van der Waals surface area contributed by atoms with Gasteiger partial charge in [-0.3, -0.25) is 0 Å². The smallest absolute Gasteiger partial charge is 0.423 e. The Morgan fingerprint density at radius 3 is 1.48 bits per heavy atom. The largest absolute Gasteiger partial charge is 0.488 e. The number of primary sulfonamides is 1. The summed E-state index contributed by atoms with van der Waals surface area (Å²) in [5.74, 6) is 0. The van der Waals surface area contributed by atoms with Gasteiger partial charge in [-0.2, -0.15) is 0 Å². The van der Waals surface area contributed by atoms with Crippen LogP contribution in [0.25, 0.3) is 0 Å². The number of benzene rings is 1. The van der Waals surface area contributed by atoms with E-state index >= 15 is 0 Å². The zero-order chi connectivity index (χ0) is 17.1. The predicted molar refractivity (Wildman–Crippen MR) is 80.2 cm³/mol. The van der Waals surface area contributed by atoms with Gasteiger partial charge in [-0.05, 0) is 45.3 Å². The average Bonchev–Trinajstić information content (AvgIpc) is 2.26. The third-order valence-corrected chi connectivity index (χ3v) is 3.93. The summed E-state index contributed by atoms with van der Waals surface area (Å²) < 4.78 is 21.5. The van der Waals surface area contributed by atoms with E-state index in [0.29, 0.717) is 0 Å². The highest BCUT2D eigenvalue weighted by molar-refractivity contribution is 7.89. The summed E-state index contributed by atoms with van der Waals surface area (Å²) in [4.78, 5) is -0.0584. The minimum absolute atomic E-state index is 0.0584. The molecular formula is C12H22BNO6S. The SMILES string of the molecule is CC(C)(O)C(C)(C)O.NS(=O)(=O)c1ccc(B(O)O)cc1. The lowest BCUT2D eigenvalue weighted by molar-refractivity contribution is -0.107. The monoisotopic (exact) mass is 319 g/mol. The van der Waals surface area contributed by atoms with Crippen molar-refractivity contribution in [2.75, 3.05) is 0 Å². The summed E-state index contributed by atoms with van der Waals surface area (Å²) in [6.45, 7) is 6.31. The van der Waals surface area contributed by atoms with Crippen molar-refractivity contribution in [3.63, 3.8) is 0 Å². The van der Waals surface area contributed by atoms with Crippen molar-refractivity contribution in [1.29, 1.82) is 0 Å². The number of hydrogen-bond donors (Lipinski definition) is 5. The molecule has 21 heavy (non-hydrogen) atoms. The zero-order valence-corrected chi connectivity index (χ0v) is 13.3. The number of aliphatic hydroxyl groups is 2. The highest BCUT2D eigenvalue weighted by Gasteiger charge is 2.31. The van der Waals surface area contributed by atoms with Crippen LogP contribution in [-0.4, -0.2) is 47.0 Å². The van der Waals surface area contributed by atoms with Gasteiger partial charge in [0, 0.05) is 0 Å². The Morgan fingerprint density at radius 1 is 0.952 bits per heavy atom. The molecule has 0 atom stereocenters. The lowest BCUT2D eigenvalue weighted by atomic mass is 9.81. The van der Waals surface area contributed by atoms with E-state index in [9.17, 15) is 8.42 Å². The van der Waals surface area contributed by atoms with Crippen LogP contribution in [0.4, 0.5) is 0 Å². The molecular weight excluding hydrogens is 297 g/mol. The van der Waals surface area contributed by atoms with E-state index in [1.54, 1.807) is 27.7 Å². The van der Waals surface area contributed by atoms with Crippen molar-refractivity contribution in [3.05, 3.63) is 24.3 Å². The Morgan fingerprint density at radius 2 is 1.29 bits per heavy atom. The fourth-order valence-corrected chi connectivity index (χ4v) is 1.35. The van der Waals surface area contributed by atoms with E-state index in [0.717, 1.165) is 0 Å². The quantitative estimate of drug-likeness (QED) is 0.431. The highest BCUT2D eigenvalue weighted by atomic mass is 32.2. The minimum atomic E-state index is -3.71. The average molecular weight is 319 g/mol. The molecule has 0 aliphatic rings. The normalized spacial score (nSPS) is 12.4. The first-order valence-electron chi connectivity index (χ1n) is 6.10. The predicted octanol–water partition coefficient (Wildman–Crippen LogP) is -1.46. The van der Waals surface area contributed by atoms with Crippen molar-refractivity contribution < 1.29 is 28.7 Å². The maximum atomic E-state index is 10.8. The second kappa shape index (κ2) is 6.86. The molecule has 0 radical (unpaired) electrons. The molecule has 7 nitrogen and oxygen atoms in total. The van der Waals surface area contributed by atoms with Crippen LogP contribution < -0.4 is 10.6 Å². The van der Waals surface area contributed by atoms with Gasteiger partial charge in [0.25, 0.3) is 0 Å². The molecule has 0 aromatic heterocycles. The molecule has 0 bridgehead atoms. The van der Waals surface area contributed by atoms with Crippen molar-refractivity contribution in [2.45, 2.75) is 43.8 Å². The first kappa shape index (κ1) is 20.0. The molecule has 0 saturated heterocycles. The molecule has 9 heteroatoms. The van der Waals surface area contributed by atoms with E-state index < -0.39 is 28.3 Å². The van der Waals surface area contributed by atoms with Gasteiger partial charge in [0.05, 0.1) is 16.1 Å². The van der Waals surface area contributed by atoms with Crippen LogP contribution in [0.1, 0.15) is 27.7 Å². The topological polar surface area (TPSA) is 141 Å². The summed E-state index contributed by atoms with van der Waals surface area (Å²) in [7, 11) is -5.31. The van der Waals surface area contributed by atoms with Gasteiger partial charge in [-0.25, -0.2) is 13.6 Å². The maximum absolute atomic E-state index is 10.8. The van der Waals surface area contributed by atoms with Gasteiger partial charge in [-0.1, -0.05) is 12.1 Å². The van der Waals surface area contributed by atoms with E-state index in [-0.39, 0.29) is 10.4 Å². The van der Waals surface area contributed by atoms with Crippen LogP contribution in [0.3, 0.4) is 0 Å². The van der Waals surface area contributed by atoms with Gasteiger partial charge in [-0.15, -0.1) is 0 Å². The Bertz CT molecular complexity index is 531. The fourth-order valence-electron chi connectivity index (χ4n) is 0.830. The molecule has 0 heterocycles. The molecule has 0 aliphatic heterocycles. The number of rotatable bonds is 3. The van der Waals surface area contributed by atoms with Crippen LogP contribution >= 0.6 is 0 Å². The van der Waals surface area contributed by atoms with Crippen LogP contribution in [0.15, 0.2) is 29.2 Å². The molecule has 6 N–H and O–H groups in total. The van der Waals surface area contributed by atoms with Gasteiger partial charge in [0.15, 0.2) is 0 Å². The summed E-state index contributed by atoms with van der Waals surface area (Å²) in [6, 6.07) is 4.99. The van der Waals surface area contributed by atoms with Crippen molar-refractivity contribution in [2.24, 2.45) is 5.14 Å². The van der Waals surface area contributed by atoms with Crippen LogP contribution in [-0.2, 0) is 10.0 Å². The van der Waals surface area contributed by atoms with Crippen LogP contribution in [0, 0.1) is 0 Å². The first-order chi connectivity index (χ1) is 9.16. The van der Waals surface area contributed by atoms with Gasteiger partial charge >= 0.3 is 7.12 Å². The van der Waals surface area contributed by atoms with E-state index in [2.05, 4.69) is 0 Å². The van der Waals surface area contributed by atoms with E-state index in [1.165, 1.54) is 24.3 Å². The summed E-state index contributed by atoms with van der Waals surface area (Å²) in [5, 5.41) is 40.4. The molecule has 120 valence electrons. The standard InChI is InChI=1S/C6H8BNO4S.C6H14O2/c8-13(11,12)6-3-1-5(2-4-6)7(9)10;1-5(2,7)6(3,4)8/h1-4,9-10H,(H2,8,11,12);7-8H,1-4H3. The molecule has 0 unspecified atom stereocenters. The second-order valence-corrected chi connectivity index (χ2v) is 7.17. The van der Waals surface area contributed by atoms with Crippen LogP contribution in [0.2, 0.25) is 0 Å². The third kappa shape index (κ3) is 7.03. The summed E-state index contributed by atoms with van der Waals surface area (Å²) >= 11 is 0. The third-order valence-electron chi connectivity index (χ3n) is 3.00. The lowest BCUT2D eigenvalue weighted by Gasteiger charge is -2.31. The number of nitrogens with two attached hydrogens (primary N) is 1. The number of sulfonamides is 1. The molecule has 1 rings (SSSR count). The van der Waals surface area contributed by atoms with Gasteiger partial charge < -0.3 is 20.3 Å². The molecule has 0 spiro atoms. The fraction of sp³-hybridized carbons (Fsp3) is 0.500. The van der Waals surface area contributed by atoms with Gasteiger partial charge in [0.1, 0.15) is 0 Å². The van der Waals surface area contributed by atoms with E-state index in [4.69, 9.17) is 25.4 Å². The molecule has 0 saturated carbocycles. The number of hydrogen-bond acceptors (Lipinski definition) is 6.